The molecule has 1 aliphatic carbocycles. The van der Waals surface area contributed by atoms with Crippen LogP contribution in [0.3, 0.4) is 0 Å². The highest BCUT2D eigenvalue weighted by molar-refractivity contribution is 7.99. The van der Waals surface area contributed by atoms with Crippen LogP contribution >= 0.6 is 11.8 Å². The van der Waals surface area contributed by atoms with Crippen LogP contribution in [0.2, 0.25) is 0 Å². The van der Waals surface area contributed by atoms with E-state index < -0.39 is 0 Å². The van der Waals surface area contributed by atoms with Crippen molar-refractivity contribution in [1.82, 2.24) is 0 Å². The number of rotatable bonds is 4. The van der Waals surface area contributed by atoms with Gasteiger partial charge in [-0.1, -0.05) is 19.4 Å². The summed E-state index contributed by atoms with van der Waals surface area (Å²) in [7, 11) is 0. The van der Waals surface area contributed by atoms with E-state index in [2.05, 4.69) is 18.3 Å². The maximum atomic E-state index is 12.2. The number of amides is 1. The van der Waals surface area contributed by atoms with Crippen LogP contribution in [0.1, 0.15) is 32.6 Å². The maximum Gasteiger partial charge on any atom is 0.227 e. The Morgan fingerprint density at radius 2 is 2.32 bits per heavy atom. The lowest BCUT2D eigenvalue weighted by Crippen LogP contribution is -2.34. The van der Waals surface area contributed by atoms with Crippen molar-refractivity contribution in [3.8, 4) is 0 Å². The summed E-state index contributed by atoms with van der Waals surface area (Å²) in [6.45, 7) is 2.12. The van der Waals surface area contributed by atoms with Gasteiger partial charge in [0.25, 0.3) is 0 Å². The summed E-state index contributed by atoms with van der Waals surface area (Å²) in [5, 5.41) is 3.02. The Bertz CT molecular complexity index is 436. The van der Waals surface area contributed by atoms with Crippen molar-refractivity contribution in [3.63, 3.8) is 0 Å². The Balaban J connectivity index is 1.96. The molecule has 1 aliphatic rings. The molecule has 19 heavy (non-hydrogen) atoms. The van der Waals surface area contributed by atoms with Gasteiger partial charge in [-0.2, -0.15) is 0 Å². The largest absolute Gasteiger partial charge is 0.328 e. The molecule has 1 amide bonds. The van der Waals surface area contributed by atoms with Gasteiger partial charge in [0, 0.05) is 22.5 Å². The summed E-state index contributed by atoms with van der Waals surface area (Å²) in [5.74, 6) is 1.23. The zero-order valence-electron chi connectivity index (χ0n) is 11.4. The molecule has 0 spiro atoms. The zero-order chi connectivity index (χ0) is 13.7. The van der Waals surface area contributed by atoms with E-state index in [1.807, 2.05) is 18.2 Å². The molecule has 2 atom stereocenters. The highest BCUT2D eigenvalue weighted by Crippen LogP contribution is 2.26. The number of hydrogen-bond donors (Lipinski definition) is 2. The van der Waals surface area contributed by atoms with Crippen molar-refractivity contribution in [2.75, 3.05) is 11.1 Å². The lowest BCUT2D eigenvalue weighted by Gasteiger charge is -2.25. The van der Waals surface area contributed by atoms with Gasteiger partial charge in [-0.3, -0.25) is 4.79 Å². The van der Waals surface area contributed by atoms with Gasteiger partial charge in [-0.05, 0) is 43.2 Å². The molecule has 0 aliphatic heterocycles. The molecule has 0 aromatic heterocycles. The van der Waals surface area contributed by atoms with Gasteiger partial charge in [0.15, 0.2) is 0 Å². The molecule has 2 rings (SSSR count). The fourth-order valence-corrected chi connectivity index (χ4v) is 3.26. The second-order valence-corrected chi connectivity index (χ2v) is 6.41. The van der Waals surface area contributed by atoms with Crippen LogP contribution in [0.25, 0.3) is 0 Å². The third-order valence-electron chi connectivity index (χ3n) is 3.50. The van der Waals surface area contributed by atoms with E-state index in [9.17, 15) is 4.79 Å². The Morgan fingerprint density at radius 3 is 3.05 bits per heavy atom. The Labute approximate surface area is 119 Å². The molecule has 0 bridgehead atoms. The van der Waals surface area contributed by atoms with Gasteiger partial charge in [0.05, 0.1) is 0 Å². The van der Waals surface area contributed by atoms with Crippen LogP contribution in [0, 0.1) is 5.92 Å². The van der Waals surface area contributed by atoms with E-state index in [0.29, 0.717) is 0 Å². The maximum absolute atomic E-state index is 12.2. The second kappa shape index (κ2) is 6.96. The summed E-state index contributed by atoms with van der Waals surface area (Å²) in [5.41, 5.74) is 6.83. The minimum atomic E-state index is 0.0752. The molecular formula is C15H22N2OS. The SMILES string of the molecule is CCSc1cccc(NC(=O)C2CCCC(N)C2)c1. The summed E-state index contributed by atoms with van der Waals surface area (Å²) >= 11 is 1.78. The first-order valence-corrected chi connectivity index (χ1v) is 7.97. The fraction of sp³-hybridized carbons (Fsp3) is 0.533. The minimum absolute atomic E-state index is 0.0752. The van der Waals surface area contributed by atoms with Crippen molar-refractivity contribution in [3.05, 3.63) is 24.3 Å². The average molecular weight is 278 g/mol. The third-order valence-corrected chi connectivity index (χ3v) is 4.37. The van der Waals surface area contributed by atoms with Gasteiger partial charge in [0.1, 0.15) is 0 Å². The third kappa shape index (κ3) is 4.25. The van der Waals surface area contributed by atoms with Crippen molar-refractivity contribution < 1.29 is 4.79 Å². The topological polar surface area (TPSA) is 55.1 Å². The van der Waals surface area contributed by atoms with Crippen LogP contribution in [0.5, 0.6) is 0 Å². The molecule has 4 heteroatoms. The standard InChI is InChI=1S/C15H22N2OS/c1-2-19-14-8-4-7-13(10-14)17-15(18)11-5-3-6-12(16)9-11/h4,7-8,10-12H,2-3,5-6,9,16H2,1H3,(H,17,18). The van der Waals surface area contributed by atoms with Crippen molar-refractivity contribution >= 4 is 23.4 Å². The summed E-state index contributed by atoms with van der Waals surface area (Å²) < 4.78 is 0. The predicted octanol–water partition coefficient (Wildman–Crippen LogP) is 3.25. The lowest BCUT2D eigenvalue weighted by atomic mass is 9.85. The summed E-state index contributed by atoms with van der Waals surface area (Å²) in [6.07, 6.45) is 3.88. The van der Waals surface area contributed by atoms with Crippen LogP contribution in [0.15, 0.2) is 29.2 Å². The number of anilines is 1. The molecule has 1 saturated carbocycles. The number of carbonyl (C=O) groups excluding carboxylic acids is 1. The molecule has 0 heterocycles. The molecule has 0 radical (unpaired) electrons. The molecule has 104 valence electrons. The van der Waals surface area contributed by atoms with E-state index in [0.717, 1.165) is 37.1 Å². The average Bonchev–Trinajstić information content (AvgIpc) is 2.39. The second-order valence-electron chi connectivity index (χ2n) is 5.07. The van der Waals surface area contributed by atoms with E-state index >= 15 is 0 Å². The van der Waals surface area contributed by atoms with Crippen molar-refractivity contribution in [2.24, 2.45) is 11.7 Å². The van der Waals surface area contributed by atoms with Gasteiger partial charge in [-0.15, -0.1) is 11.8 Å². The van der Waals surface area contributed by atoms with Crippen LogP contribution in [-0.4, -0.2) is 17.7 Å². The zero-order valence-corrected chi connectivity index (χ0v) is 12.2. The van der Waals surface area contributed by atoms with E-state index in [1.165, 1.54) is 4.90 Å². The molecule has 2 unspecified atom stereocenters. The predicted molar refractivity (Wildman–Crippen MR) is 81.4 cm³/mol. The highest BCUT2D eigenvalue weighted by Gasteiger charge is 2.25. The van der Waals surface area contributed by atoms with Gasteiger partial charge >= 0.3 is 0 Å². The number of nitrogens with two attached hydrogens (primary N) is 1. The first-order valence-electron chi connectivity index (χ1n) is 6.98. The number of hydrogen-bond acceptors (Lipinski definition) is 3. The normalized spacial score (nSPS) is 23.1. The van der Waals surface area contributed by atoms with Gasteiger partial charge < -0.3 is 11.1 Å². The first-order chi connectivity index (χ1) is 9.19. The van der Waals surface area contributed by atoms with E-state index in [4.69, 9.17) is 5.73 Å². The van der Waals surface area contributed by atoms with Crippen LogP contribution in [-0.2, 0) is 4.79 Å². The Kier molecular flexibility index (Phi) is 5.28. The van der Waals surface area contributed by atoms with Crippen molar-refractivity contribution in [1.29, 1.82) is 0 Å². The van der Waals surface area contributed by atoms with Gasteiger partial charge in [-0.25, -0.2) is 0 Å². The minimum Gasteiger partial charge on any atom is -0.328 e. The molecule has 0 saturated heterocycles. The summed E-state index contributed by atoms with van der Waals surface area (Å²) in [4.78, 5) is 13.4. The number of nitrogens with one attached hydrogen (secondary N) is 1. The number of thioether (sulfide) groups is 1. The Morgan fingerprint density at radius 1 is 1.47 bits per heavy atom. The molecule has 1 fully saturated rings. The summed E-state index contributed by atoms with van der Waals surface area (Å²) in [6, 6.07) is 8.22. The molecule has 1 aromatic rings. The smallest absolute Gasteiger partial charge is 0.227 e. The highest BCUT2D eigenvalue weighted by atomic mass is 32.2. The van der Waals surface area contributed by atoms with E-state index in [1.54, 1.807) is 11.8 Å². The fourth-order valence-electron chi connectivity index (χ4n) is 2.54. The lowest BCUT2D eigenvalue weighted by molar-refractivity contribution is -0.120. The molecule has 3 nitrogen and oxygen atoms in total. The van der Waals surface area contributed by atoms with Gasteiger partial charge in [0.2, 0.25) is 5.91 Å². The number of carbonyl (C=O) groups is 1. The monoisotopic (exact) mass is 278 g/mol. The number of benzene rings is 1. The molecule has 1 aromatic carbocycles. The van der Waals surface area contributed by atoms with Crippen molar-refractivity contribution in [2.45, 2.75) is 43.5 Å². The molecular weight excluding hydrogens is 256 g/mol. The Hall–Kier alpha value is -1.00. The van der Waals surface area contributed by atoms with Crippen LogP contribution < -0.4 is 11.1 Å². The first kappa shape index (κ1) is 14.4. The van der Waals surface area contributed by atoms with Crippen LogP contribution in [0.4, 0.5) is 5.69 Å². The van der Waals surface area contributed by atoms with E-state index in [-0.39, 0.29) is 17.9 Å². The molecule has 3 N–H and O–H groups in total. The quantitative estimate of drug-likeness (QED) is 0.831.